The van der Waals surface area contributed by atoms with Crippen LogP contribution in [-0.4, -0.2) is 6.29 Å². The van der Waals surface area contributed by atoms with Crippen LogP contribution >= 0.6 is 0 Å². The summed E-state index contributed by atoms with van der Waals surface area (Å²) in [6.45, 7) is 10.0. The van der Waals surface area contributed by atoms with Crippen LogP contribution < -0.4 is 0 Å². The topological polar surface area (TPSA) is 17.1 Å². The predicted octanol–water partition coefficient (Wildman–Crippen LogP) is 3.51. The summed E-state index contributed by atoms with van der Waals surface area (Å²) in [5, 5.41) is 0. The molecule has 0 bridgehead atoms. The molecule has 0 aromatic heterocycles. The summed E-state index contributed by atoms with van der Waals surface area (Å²) in [7, 11) is 0. The fraction of sp³-hybridized carbons (Fsp3) is 0.583. The smallest absolute Gasteiger partial charge is 0.120 e. The number of hydrogen-bond acceptors (Lipinski definition) is 1. The van der Waals surface area contributed by atoms with Crippen LogP contribution in [0, 0.1) is 5.41 Å². The van der Waals surface area contributed by atoms with Crippen molar-refractivity contribution in [2.45, 2.75) is 40.0 Å². The van der Waals surface area contributed by atoms with Crippen molar-refractivity contribution in [2.24, 2.45) is 5.41 Å². The predicted molar refractivity (Wildman–Crippen MR) is 57.7 cm³/mol. The highest BCUT2D eigenvalue weighted by molar-refractivity contribution is 5.51. The Morgan fingerprint density at radius 3 is 2.46 bits per heavy atom. The maximum Gasteiger partial charge on any atom is 0.120 e. The van der Waals surface area contributed by atoms with Gasteiger partial charge in [-0.1, -0.05) is 24.6 Å². The zero-order valence-electron chi connectivity index (χ0n) is 8.97. The van der Waals surface area contributed by atoms with Crippen LogP contribution in [0.25, 0.3) is 0 Å². The van der Waals surface area contributed by atoms with Gasteiger partial charge < -0.3 is 4.79 Å². The maximum atomic E-state index is 10.4. The molecule has 0 fully saturated rings. The molecule has 1 atom stereocenters. The summed E-state index contributed by atoms with van der Waals surface area (Å²) in [6.07, 6.45) is 7.67. The molecule has 0 aromatic carbocycles. The van der Waals surface area contributed by atoms with Crippen LogP contribution in [0.5, 0.6) is 0 Å². The van der Waals surface area contributed by atoms with Crippen molar-refractivity contribution in [3.05, 3.63) is 24.3 Å². The minimum Gasteiger partial charge on any atom is -0.303 e. The van der Waals surface area contributed by atoms with E-state index in [4.69, 9.17) is 0 Å². The van der Waals surface area contributed by atoms with Crippen LogP contribution in [0.15, 0.2) is 24.3 Å². The van der Waals surface area contributed by atoms with Gasteiger partial charge >= 0.3 is 0 Å². The van der Waals surface area contributed by atoms with E-state index in [0.29, 0.717) is 6.42 Å². The van der Waals surface area contributed by atoms with E-state index in [1.807, 2.05) is 6.08 Å². The summed E-state index contributed by atoms with van der Waals surface area (Å²) >= 11 is 0. The molecule has 0 aliphatic carbocycles. The maximum absolute atomic E-state index is 10.4. The van der Waals surface area contributed by atoms with Gasteiger partial charge in [0.2, 0.25) is 0 Å². The molecule has 0 amide bonds. The van der Waals surface area contributed by atoms with Crippen LogP contribution in [0.2, 0.25) is 0 Å². The van der Waals surface area contributed by atoms with E-state index in [2.05, 4.69) is 33.4 Å². The largest absolute Gasteiger partial charge is 0.303 e. The lowest BCUT2D eigenvalue weighted by Gasteiger charge is -2.21. The first kappa shape index (κ1) is 12.2. The van der Waals surface area contributed by atoms with Crippen molar-refractivity contribution < 1.29 is 4.79 Å². The first-order chi connectivity index (χ1) is 6.04. The van der Waals surface area contributed by atoms with E-state index >= 15 is 0 Å². The zero-order valence-corrected chi connectivity index (χ0v) is 8.97. The molecular formula is C12H20O. The third-order valence-corrected chi connectivity index (χ3v) is 2.31. The molecule has 0 rings (SSSR count). The molecule has 13 heavy (non-hydrogen) atoms. The molecule has 0 aromatic rings. The Morgan fingerprint density at radius 1 is 1.46 bits per heavy atom. The van der Waals surface area contributed by atoms with E-state index in [1.54, 1.807) is 0 Å². The Labute approximate surface area is 81.5 Å². The van der Waals surface area contributed by atoms with Gasteiger partial charge in [0.15, 0.2) is 0 Å². The average Bonchev–Trinajstić information content (AvgIpc) is 2.04. The molecule has 0 heterocycles. The lowest BCUT2D eigenvalue weighted by atomic mass is 9.83. The Kier molecular flexibility index (Phi) is 5.36. The molecule has 0 saturated carbocycles. The number of carbonyl (C=O) groups excluding carboxylic acids is 1. The Morgan fingerprint density at radius 2 is 2.08 bits per heavy atom. The van der Waals surface area contributed by atoms with E-state index in [9.17, 15) is 4.79 Å². The summed E-state index contributed by atoms with van der Waals surface area (Å²) in [5.74, 6) is 0. The van der Waals surface area contributed by atoms with Crippen LogP contribution in [-0.2, 0) is 4.79 Å². The van der Waals surface area contributed by atoms with Crippen LogP contribution in [0.1, 0.15) is 40.0 Å². The molecule has 1 heteroatoms. The van der Waals surface area contributed by atoms with E-state index < -0.39 is 0 Å². The summed E-state index contributed by atoms with van der Waals surface area (Å²) in [6, 6.07) is 0. The second kappa shape index (κ2) is 5.74. The minimum absolute atomic E-state index is 0.0201. The van der Waals surface area contributed by atoms with Crippen LogP contribution in [0.4, 0.5) is 0 Å². The lowest BCUT2D eigenvalue weighted by molar-refractivity contribution is -0.109. The molecule has 0 aliphatic rings. The number of aldehydes is 1. The third kappa shape index (κ3) is 5.40. The molecule has 0 radical (unpaired) electrons. The third-order valence-electron chi connectivity index (χ3n) is 2.31. The molecule has 74 valence electrons. The monoisotopic (exact) mass is 180 g/mol. The van der Waals surface area contributed by atoms with Crippen molar-refractivity contribution in [3.8, 4) is 0 Å². The van der Waals surface area contributed by atoms with Gasteiger partial charge in [-0.3, -0.25) is 0 Å². The number of rotatable bonds is 6. The lowest BCUT2D eigenvalue weighted by Crippen LogP contribution is -2.12. The molecule has 0 unspecified atom stereocenters. The van der Waals surface area contributed by atoms with Gasteiger partial charge in [0.1, 0.15) is 6.29 Å². The fourth-order valence-electron chi connectivity index (χ4n) is 1.17. The standard InChI is InChI=1S/C12H20O/c1-5-12(4,9-10-13)8-6-7-11(2)3/h5,7,10H,1,6,8-9H2,2-4H3/t12-/m1/s1. The van der Waals surface area contributed by atoms with Gasteiger partial charge in [-0.25, -0.2) is 0 Å². The number of allylic oxidation sites excluding steroid dienone is 3. The highest BCUT2D eigenvalue weighted by Crippen LogP contribution is 2.28. The molecule has 0 spiro atoms. The van der Waals surface area contributed by atoms with Crippen molar-refractivity contribution in [1.82, 2.24) is 0 Å². The summed E-state index contributed by atoms with van der Waals surface area (Å²) in [4.78, 5) is 10.4. The summed E-state index contributed by atoms with van der Waals surface area (Å²) < 4.78 is 0. The van der Waals surface area contributed by atoms with Gasteiger partial charge in [-0.05, 0) is 32.1 Å². The van der Waals surface area contributed by atoms with Gasteiger partial charge in [-0.2, -0.15) is 0 Å². The van der Waals surface area contributed by atoms with Gasteiger partial charge in [0.05, 0.1) is 0 Å². The fourth-order valence-corrected chi connectivity index (χ4v) is 1.17. The number of hydrogen-bond donors (Lipinski definition) is 0. The van der Waals surface area contributed by atoms with Gasteiger partial charge in [0, 0.05) is 6.42 Å². The first-order valence-corrected chi connectivity index (χ1v) is 4.74. The second-order valence-electron chi connectivity index (χ2n) is 4.05. The van der Waals surface area contributed by atoms with E-state index in [-0.39, 0.29) is 5.41 Å². The van der Waals surface area contributed by atoms with Crippen molar-refractivity contribution in [2.75, 3.05) is 0 Å². The molecular weight excluding hydrogens is 160 g/mol. The highest BCUT2D eigenvalue weighted by Gasteiger charge is 2.18. The van der Waals surface area contributed by atoms with Crippen molar-refractivity contribution >= 4 is 6.29 Å². The van der Waals surface area contributed by atoms with E-state index in [0.717, 1.165) is 19.1 Å². The first-order valence-electron chi connectivity index (χ1n) is 4.74. The van der Waals surface area contributed by atoms with Crippen molar-refractivity contribution in [1.29, 1.82) is 0 Å². The normalized spacial score (nSPS) is 14.4. The zero-order chi connectivity index (χ0) is 10.3. The number of carbonyl (C=O) groups is 1. The summed E-state index contributed by atoms with van der Waals surface area (Å²) in [5.41, 5.74) is 1.31. The average molecular weight is 180 g/mol. The molecule has 1 nitrogen and oxygen atoms in total. The van der Waals surface area contributed by atoms with Gasteiger partial charge in [-0.15, -0.1) is 6.58 Å². The Balaban J connectivity index is 4.04. The van der Waals surface area contributed by atoms with Crippen LogP contribution in [0.3, 0.4) is 0 Å². The van der Waals surface area contributed by atoms with E-state index in [1.165, 1.54) is 5.57 Å². The second-order valence-corrected chi connectivity index (χ2v) is 4.05. The van der Waals surface area contributed by atoms with Gasteiger partial charge in [0.25, 0.3) is 0 Å². The molecule has 0 aliphatic heterocycles. The Hall–Kier alpha value is -0.850. The highest BCUT2D eigenvalue weighted by atomic mass is 16.1. The quantitative estimate of drug-likeness (QED) is 0.451. The Bertz CT molecular complexity index is 199. The molecule has 0 N–H and O–H groups in total. The van der Waals surface area contributed by atoms with Crippen molar-refractivity contribution in [3.63, 3.8) is 0 Å². The molecule has 0 saturated heterocycles. The SMILES string of the molecule is C=C[C@@](C)(CC=O)CCC=C(C)C. The minimum atomic E-state index is -0.0201.